The maximum absolute atomic E-state index is 13.5. The quantitative estimate of drug-likeness (QED) is 0.736. The first-order valence-corrected chi connectivity index (χ1v) is 8.21. The van der Waals surface area contributed by atoms with Crippen molar-refractivity contribution in [1.82, 2.24) is 15.3 Å². The monoisotopic (exact) mass is 360 g/mol. The summed E-state index contributed by atoms with van der Waals surface area (Å²) in [7, 11) is 0. The summed E-state index contributed by atoms with van der Waals surface area (Å²) in [5.41, 5.74) is 1.48. The highest BCUT2D eigenvalue weighted by molar-refractivity contribution is 7.15. The maximum atomic E-state index is 13.5. The van der Waals surface area contributed by atoms with Gasteiger partial charge in [0.05, 0.1) is 17.9 Å². The van der Waals surface area contributed by atoms with E-state index in [0.29, 0.717) is 0 Å². The molecule has 3 aromatic rings. The molecule has 2 aromatic heterocycles. The van der Waals surface area contributed by atoms with E-state index in [0.717, 1.165) is 39.3 Å². The van der Waals surface area contributed by atoms with Gasteiger partial charge in [-0.05, 0) is 31.2 Å². The van der Waals surface area contributed by atoms with Gasteiger partial charge in [0.15, 0.2) is 0 Å². The van der Waals surface area contributed by atoms with Crippen LogP contribution in [0.25, 0.3) is 10.6 Å². The molecule has 5 nitrogen and oxygen atoms in total. The first kappa shape index (κ1) is 17.0. The minimum atomic E-state index is -0.704. The summed E-state index contributed by atoms with van der Waals surface area (Å²) in [6.07, 6.45) is 3.40. The Balaban J connectivity index is 1.64. The van der Waals surface area contributed by atoms with Crippen LogP contribution in [0.5, 0.6) is 0 Å². The van der Waals surface area contributed by atoms with Gasteiger partial charge < -0.3 is 10.6 Å². The number of nitrogens with zero attached hydrogens (tertiary/aromatic N) is 2. The van der Waals surface area contributed by atoms with Crippen molar-refractivity contribution in [1.29, 1.82) is 0 Å². The SMILES string of the molecule is Cc1nc(-c2cccnc2)sc1CNC(=O)Nc1cc(F)ccc1F. The van der Waals surface area contributed by atoms with E-state index in [1.807, 2.05) is 19.1 Å². The van der Waals surface area contributed by atoms with Crippen molar-refractivity contribution in [2.75, 3.05) is 5.32 Å². The molecule has 0 aliphatic rings. The molecule has 1 aromatic carbocycles. The number of pyridine rings is 1. The number of thiazole rings is 1. The largest absolute Gasteiger partial charge is 0.333 e. The number of aryl methyl sites for hydroxylation is 1. The van der Waals surface area contributed by atoms with Crippen molar-refractivity contribution in [2.24, 2.45) is 0 Å². The van der Waals surface area contributed by atoms with Crippen LogP contribution in [0.1, 0.15) is 10.6 Å². The highest BCUT2D eigenvalue weighted by Crippen LogP contribution is 2.27. The van der Waals surface area contributed by atoms with E-state index in [1.165, 1.54) is 11.3 Å². The minimum absolute atomic E-state index is 0.213. The Labute approximate surface area is 146 Å². The van der Waals surface area contributed by atoms with Gasteiger partial charge in [-0.2, -0.15) is 0 Å². The predicted molar refractivity (Wildman–Crippen MR) is 92.3 cm³/mol. The molecular formula is C17H14F2N4OS. The van der Waals surface area contributed by atoms with Crippen LogP contribution in [0.3, 0.4) is 0 Å². The average molecular weight is 360 g/mol. The molecule has 0 aliphatic carbocycles. The maximum Gasteiger partial charge on any atom is 0.319 e. The third-order valence-electron chi connectivity index (χ3n) is 3.39. The Hall–Kier alpha value is -2.87. The van der Waals surface area contributed by atoms with Crippen LogP contribution in [0.2, 0.25) is 0 Å². The molecule has 0 fully saturated rings. The summed E-state index contributed by atoms with van der Waals surface area (Å²) in [6.45, 7) is 2.07. The Morgan fingerprint density at radius 1 is 1.28 bits per heavy atom. The highest BCUT2D eigenvalue weighted by atomic mass is 32.1. The second kappa shape index (κ2) is 7.35. The van der Waals surface area contributed by atoms with Crippen LogP contribution in [-0.4, -0.2) is 16.0 Å². The van der Waals surface area contributed by atoms with E-state index >= 15 is 0 Å². The van der Waals surface area contributed by atoms with Crippen molar-refractivity contribution >= 4 is 23.1 Å². The van der Waals surface area contributed by atoms with Gasteiger partial charge >= 0.3 is 6.03 Å². The van der Waals surface area contributed by atoms with Crippen molar-refractivity contribution in [3.63, 3.8) is 0 Å². The first-order chi connectivity index (χ1) is 12.0. The van der Waals surface area contributed by atoms with Gasteiger partial charge in [-0.1, -0.05) is 0 Å². The summed E-state index contributed by atoms with van der Waals surface area (Å²) >= 11 is 1.44. The van der Waals surface area contributed by atoms with Crippen molar-refractivity contribution in [2.45, 2.75) is 13.5 Å². The second-order valence-corrected chi connectivity index (χ2v) is 6.28. The molecule has 128 valence electrons. The van der Waals surface area contributed by atoms with E-state index < -0.39 is 17.7 Å². The Morgan fingerprint density at radius 3 is 2.88 bits per heavy atom. The van der Waals surface area contributed by atoms with Crippen molar-refractivity contribution in [3.05, 3.63) is 64.9 Å². The van der Waals surface area contributed by atoms with E-state index in [4.69, 9.17) is 0 Å². The van der Waals surface area contributed by atoms with Gasteiger partial charge in [-0.3, -0.25) is 4.98 Å². The van der Waals surface area contributed by atoms with Crippen molar-refractivity contribution < 1.29 is 13.6 Å². The topological polar surface area (TPSA) is 66.9 Å². The van der Waals surface area contributed by atoms with Crippen LogP contribution < -0.4 is 10.6 Å². The number of carbonyl (C=O) groups is 1. The predicted octanol–water partition coefficient (Wildman–Crippen LogP) is 4.11. The molecule has 0 bridgehead atoms. The molecule has 0 radical (unpaired) electrons. The molecule has 2 N–H and O–H groups in total. The van der Waals surface area contributed by atoms with Gasteiger partial charge in [0, 0.05) is 28.9 Å². The van der Waals surface area contributed by atoms with E-state index in [2.05, 4.69) is 20.6 Å². The molecule has 8 heteroatoms. The third kappa shape index (κ3) is 4.16. The van der Waals surface area contributed by atoms with Crippen molar-refractivity contribution in [3.8, 4) is 10.6 Å². The molecule has 2 amide bonds. The number of carbonyl (C=O) groups excluding carboxylic acids is 1. The number of aromatic nitrogens is 2. The number of anilines is 1. The summed E-state index contributed by atoms with van der Waals surface area (Å²) < 4.78 is 26.6. The first-order valence-electron chi connectivity index (χ1n) is 7.39. The van der Waals surface area contributed by atoms with Crippen LogP contribution in [0.4, 0.5) is 19.3 Å². The van der Waals surface area contributed by atoms with Gasteiger partial charge in [0.1, 0.15) is 16.6 Å². The highest BCUT2D eigenvalue weighted by Gasteiger charge is 2.12. The molecule has 0 spiro atoms. The zero-order valence-electron chi connectivity index (χ0n) is 13.2. The van der Waals surface area contributed by atoms with E-state index in [1.54, 1.807) is 12.4 Å². The lowest BCUT2D eigenvalue weighted by Gasteiger charge is -2.08. The van der Waals surface area contributed by atoms with Gasteiger partial charge in [-0.15, -0.1) is 11.3 Å². The summed E-state index contributed by atoms with van der Waals surface area (Å²) in [5.74, 6) is -1.33. The molecule has 0 atom stereocenters. The lowest BCUT2D eigenvalue weighted by atomic mass is 10.3. The zero-order valence-corrected chi connectivity index (χ0v) is 14.0. The molecule has 0 saturated carbocycles. The van der Waals surface area contributed by atoms with E-state index in [9.17, 15) is 13.6 Å². The fourth-order valence-corrected chi connectivity index (χ4v) is 3.12. The summed E-state index contributed by atoms with van der Waals surface area (Å²) in [5, 5.41) is 5.71. The third-order valence-corrected chi connectivity index (χ3v) is 4.59. The van der Waals surface area contributed by atoms with Crippen LogP contribution in [0, 0.1) is 18.6 Å². The number of amides is 2. The smallest absolute Gasteiger partial charge is 0.319 e. The lowest BCUT2D eigenvalue weighted by molar-refractivity contribution is 0.251. The Bertz CT molecular complexity index is 899. The average Bonchev–Trinajstić information content (AvgIpc) is 2.98. The number of benzene rings is 1. The van der Waals surface area contributed by atoms with E-state index in [-0.39, 0.29) is 12.2 Å². The number of hydrogen-bond donors (Lipinski definition) is 2. The van der Waals surface area contributed by atoms with Crippen LogP contribution in [-0.2, 0) is 6.54 Å². The number of rotatable bonds is 4. The summed E-state index contributed by atoms with van der Waals surface area (Å²) in [4.78, 5) is 21.3. The molecule has 0 saturated heterocycles. The van der Waals surface area contributed by atoms with Gasteiger partial charge in [-0.25, -0.2) is 18.6 Å². The number of hydrogen-bond acceptors (Lipinski definition) is 4. The lowest BCUT2D eigenvalue weighted by Crippen LogP contribution is -2.28. The number of halogens is 2. The molecule has 0 aliphatic heterocycles. The Kier molecular flexibility index (Phi) is 4.99. The molecular weight excluding hydrogens is 346 g/mol. The number of urea groups is 1. The van der Waals surface area contributed by atoms with Gasteiger partial charge in [0.25, 0.3) is 0 Å². The van der Waals surface area contributed by atoms with Crippen LogP contribution in [0.15, 0.2) is 42.7 Å². The fraction of sp³-hybridized carbons (Fsp3) is 0.118. The molecule has 3 rings (SSSR count). The number of nitrogens with one attached hydrogen (secondary N) is 2. The minimum Gasteiger partial charge on any atom is -0.333 e. The Morgan fingerprint density at radius 2 is 2.12 bits per heavy atom. The molecule has 0 unspecified atom stereocenters. The normalized spacial score (nSPS) is 10.5. The zero-order chi connectivity index (χ0) is 17.8. The molecule has 25 heavy (non-hydrogen) atoms. The fourth-order valence-electron chi connectivity index (χ4n) is 2.13. The standard InChI is InChI=1S/C17H14F2N4OS/c1-10-15(25-16(22-10)11-3-2-6-20-8-11)9-21-17(24)23-14-7-12(18)4-5-13(14)19/h2-8H,9H2,1H3,(H2,21,23,24). The van der Waals surface area contributed by atoms with Gasteiger partial charge in [0.2, 0.25) is 0 Å². The molecule has 2 heterocycles. The van der Waals surface area contributed by atoms with Crippen LogP contribution >= 0.6 is 11.3 Å². The second-order valence-electron chi connectivity index (χ2n) is 5.20. The summed E-state index contributed by atoms with van der Waals surface area (Å²) in [6, 6.07) is 5.97.